The highest BCUT2D eigenvalue weighted by molar-refractivity contribution is 9.10. The number of nitrogens with zero attached hydrogens (tertiary/aromatic N) is 1. The van der Waals surface area contributed by atoms with Crippen LogP contribution in [0.2, 0.25) is 0 Å². The number of carbonyl (C=O) groups is 2. The fraction of sp³-hybridized carbons (Fsp3) is 0.385. The van der Waals surface area contributed by atoms with E-state index in [0.29, 0.717) is 25.4 Å². The summed E-state index contributed by atoms with van der Waals surface area (Å²) in [5.74, 6) is -0.837. The Balaban J connectivity index is 1.86. The zero-order chi connectivity index (χ0) is 13.4. The topological polar surface area (TPSA) is 51.0 Å². The molecular weight excluding hydrogens is 312 g/mol. The molecule has 19 heavy (non-hydrogen) atoms. The van der Waals surface area contributed by atoms with Gasteiger partial charge in [0.2, 0.25) is 0 Å². The van der Waals surface area contributed by atoms with E-state index in [-0.39, 0.29) is 0 Å². The van der Waals surface area contributed by atoms with Crippen LogP contribution in [-0.4, -0.2) is 44.7 Å². The van der Waals surface area contributed by atoms with Crippen molar-refractivity contribution in [3.05, 3.63) is 28.2 Å². The molecule has 1 aromatic rings. The number of hydrogen-bond acceptors (Lipinski definition) is 3. The van der Waals surface area contributed by atoms with Crippen LogP contribution in [0.1, 0.15) is 10.4 Å². The van der Waals surface area contributed by atoms with Crippen LogP contribution in [0, 0.1) is 0 Å². The van der Waals surface area contributed by atoms with Crippen molar-refractivity contribution < 1.29 is 19.2 Å². The predicted octanol–water partition coefficient (Wildman–Crippen LogP) is -0.149. The third kappa shape index (κ3) is 2.31. The second kappa shape index (κ2) is 5.03. The van der Waals surface area contributed by atoms with E-state index in [0.717, 1.165) is 23.2 Å². The summed E-state index contributed by atoms with van der Waals surface area (Å²) in [7, 11) is 0. The Bertz CT molecular complexity index is 541. The zero-order valence-electron chi connectivity index (χ0n) is 10.3. The van der Waals surface area contributed by atoms with Crippen molar-refractivity contribution in [2.75, 3.05) is 37.9 Å². The Morgan fingerprint density at radius 3 is 2.74 bits per heavy atom. The lowest BCUT2D eigenvalue weighted by atomic mass is 10.1. The van der Waals surface area contributed by atoms with Crippen LogP contribution in [-0.2, 0) is 9.53 Å². The van der Waals surface area contributed by atoms with Crippen LogP contribution >= 0.6 is 15.9 Å². The van der Waals surface area contributed by atoms with E-state index in [9.17, 15) is 9.59 Å². The number of ether oxygens (including phenoxy) is 1. The average Bonchev–Trinajstić information content (AvgIpc) is 2.65. The van der Waals surface area contributed by atoms with Gasteiger partial charge < -0.3 is 9.64 Å². The molecule has 1 fully saturated rings. The van der Waals surface area contributed by atoms with Crippen LogP contribution in [0.25, 0.3) is 0 Å². The van der Waals surface area contributed by atoms with Crippen LogP contribution in [0.4, 0.5) is 5.69 Å². The summed E-state index contributed by atoms with van der Waals surface area (Å²) in [5, 5.41) is 0. The Morgan fingerprint density at radius 2 is 2.00 bits per heavy atom. The van der Waals surface area contributed by atoms with E-state index in [1.165, 1.54) is 4.90 Å². The summed E-state index contributed by atoms with van der Waals surface area (Å²) in [5.41, 5.74) is 1.21. The molecule has 2 aliphatic heterocycles. The van der Waals surface area contributed by atoms with Crippen LogP contribution in [0.15, 0.2) is 22.7 Å². The molecule has 0 unspecified atom stereocenters. The molecule has 0 aromatic heterocycles. The SMILES string of the molecule is O=C1C(=O)N(C[NH+]2CCOCC2)c2ccc(Br)cc21. The molecule has 1 saturated heterocycles. The standard InChI is InChI=1S/C13H13BrN2O3/c14-9-1-2-11-10(7-9)12(17)13(18)16(11)8-15-3-5-19-6-4-15/h1-2,7H,3-6,8H2/p+1. The molecule has 0 radical (unpaired) electrons. The van der Waals surface area contributed by atoms with E-state index in [1.54, 1.807) is 11.0 Å². The highest BCUT2D eigenvalue weighted by Gasteiger charge is 2.38. The highest BCUT2D eigenvalue weighted by Crippen LogP contribution is 2.30. The summed E-state index contributed by atoms with van der Waals surface area (Å²) >= 11 is 3.33. The van der Waals surface area contributed by atoms with Gasteiger partial charge in [0.15, 0.2) is 6.67 Å². The Hall–Kier alpha value is -1.24. The first-order valence-electron chi connectivity index (χ1n) is 6.24. The molecule has 1 amide bonds. The number of morpholine rings is 1. The second-order valence-electron chi connectivity index (χ2n) is 4.74. The molecule has 6 heteroatoms. The number of nitrogens with one attached hydrogen (secondary N) is 1. The quantitative estimate of drug-likeness (QED) is 0.769. The molecule has 2 heterocycles. The first kappa shape index (κ1) is 12.8. The minimum atomic E-state index is -0.424. The molecule has 1 aromatic carbocycles. The Morgan fingerprint density at radius 1 is 1.26 bits per heavy atom. The normalized spacial score (nSPS) is 19.9. The smallest absolute Gasteiger partial charge is 0.303 e. The monoisotopic (exact) mass is 325 g/mol. The number of hydrogen-bond donors (Lipinski definition) is 1. The maximum absolute atomic E-state index is 12.1. The van der Waals surface area contributed by atoms with Crippen molar-refractivity contribution in [1.29, 1.82) is 0 Å². The third-order valence-corrected chi connectivity index (χ3v) is 4.01. The van der Waals surface area contributed by atoms with Gasteiger partial charge in [0, 0.05) is 4.47 Å². The number of Topliss-reactive ketones (excluding diaryl/α,β-unsaturated/α-hetero) is 1. The van der Waals surface area contributed by atoms with Crippen LogP contribution in [0.5, 0.6) is 0 Å². The van der Waals surface area contributed by atoms with E-state index in [2.05, 4.69) is 15.9 Å². The van der Waals surface area contributed by atoms with E-state index >= 15 is 0 Å². The lowest BCUT2D eigenvalue weighted by molar-refractivity contribution is -0.906. The second-order valence-corrected chi connectivity index (χ2v) is 5.66. The average molecular weight is 326 g/mol. The number of carbonyl (C=O) groups excluding carboxylic acids is 2. The molecule has 100 valence electrons. The summed E-state index contributed by atoms with van der Waals surface area (Å²) in [6, 6.07) is 5.39. The first-order valence-corrected chi connectivity index (χ1v) is 7.03. The van der Waals surface area contributed by atoms with Crippen molar-refractivity contribution in [2.45, 2.75) is 0 Å². The lowest BCUT2D eigenvalue weighted by Gasteiger charge is -2.27. The van der Waals surface area contributed by atoms with Crippen LogP contribution < -0.4 is 9.80 Å². The number of anilines is 1. The van der Waals surface area contributed by atoms with Gasteiger partial charge in [0.1, 0.15) is 13.1 Å². The summed E-state index contributed by atoms with van der Waals surface area (Å²) in [4.78, 5) is 26.9. The van der Waals surface area contributed by atoms with E-state index < -0.39 is 11.7 Å². The maximum Gasteiger partial charge on any atom is 0.303 e. The van der Waals surface area contributed by atoms with Gasteiger partial charge in [0.25, 0.3) is 5.78 Å². The van der Waals surface area contributed by atoms with E-state index in [1.807, 2.05) is 12.1 Å². The number of amides is 1. The first-order chi connectivity index (χ1) is 9.16. The number of fused-ring (bicyclic) bond motifs is 1. The van der Waals surface area contributed by atoms with Gasteiger partial charge in [-0.2, -0.15) is 0 Å². The molecule has 0 bridgehead atoms. The van der Waals surface area contributed by atoms with Gasteiger partial charge in [-0.05, 0) is 18.2 Å². The van der Waals surface area contributed by atoms with Gasteiger partial charge in [-0.1, -0.05) is 15.9 Å². The highest BCUT2D eigenvalue weighted by atomic mass is 79.9. The molecule has 0 saturated carbocycles. The number of rotatable bonds is 2. The molecule has 0 atom stereocenters. The minimum absolute atomic E-state index is 0.413. The van der Waals surface area contributed by atoms with Crippen molar-refractivity contribution >= 4 is 33.3 Å². The lowest BCUT2D eigenvalue weighted by Crippen LogP contribution is -3.15. The van der Waals surface area contributed by atoms with Crippen molar-refractivity contribution in [1.82, 2.24) is 0 Å². The summed E-state index contributed by atoms with van der Waals surface area (Å²) in [6.45, 7) is 3.67. The van der Waals surface area contributed by atoms with Gasteiger partial charge >= 0.3 is 5.91 Å². The molecule has 0 aliphatic carbocycles. The zero-order valence-corrected chi connectivity index (χ0v) is 11.9. The van der Waals surface area contributed by atoms with Gasteiger partial charge in [-0.25, -0.2) is 0 Å². The van der Waals surface area contributed by atoms with Crippen molar-refractivity contribution in [3.8, 4) is 0 Å². The molecule has 1 N–H and O–H groups in total. The number of quaternary nitrogens is 1. The number of benzene rings is 1. The fourth-order valence-electron chi connectivity index (χ4n) is 2.47. The summed E-state index contributed by atoms with van der Waals surface area (Å²) in [6.07, 6.45) is 0. The van der Waals surface area contributed by atoms with Crippen molar-refractivity contribution in [2.24, 2.45) is 0 Å². The maximum atomic E-state index is 12.1. The minimum Gasteiger partial charge on any atom is -0.370 e. The Kier molecular flexibility index (Phi) is 3.38. The van der Waals surface area contributed by atoms with Gasteiger partial charge in [-0.15, -0.1) is 0 Å². The molecule has 2 aliphatic rings. The molecule has 3 rings (SSSR count). The van der Waals surface area contributed by atoms with Gasteiger partial charge in [-0.3, -0.25) is 14.5 Å². The molecular formula is C13H14BrN2O3+. The Labute approximate surface area is 119 Å². The van der Waals surface area contributed by atoms with E-state index in [4.69, 9.17) is 4.74 Å². The number of ketones is 1. The molecule has 0 spiro atoms. The number of halogens is 1. The third-order valence-electron chi connectivity index (χ3n) is 3.52. The van der Waals surface area contributed by atoms with Crippen LogP contribution in [0.3, 0.4) is 0 Å². The van der Waals surface area contributed by atoms with Gasteiger partial charge in [0.05, 0.1) is 24.5 Å². The largest absolute Gasteiger partial charge is 0.370 e. The van der Waals surface area contributed by atoms with Crippen molar-refractivity contribution in [3.63, 3.8) is 0 Å². The predicted molar refractivity (Wildman–Crippen MR) is 72.3 cm³/mol. The molecule has 5 nitrogen and oxygen atoms in total. The summed E-state index contributed by atoms with van der Waals surface area (Å²) < 4.78 is 6.11. The fourth-order valence-corrected chi connectivity index (χ4v) is 2.83.